The number of benzene rings is 4. The molecule has 0 atom stereocenters. The lowest BCUT2D eigenvalue weighted by atomic mass is 9.95. The zero-order valence-corrected chi connectivity index (χ0v) is 22.7. The van der Waals surface area contributed by atoms with Crippen molar-refractivity contribution in [3.05, 3.63) is 120 Å². The Morgan fingerprint density at radius 2 is 1.47 bits per heavy atom. The van der Waals surface area contributed by atoms with Crippen LogP contribution in [0.5, 0.6) is 11.5 Å². The molecule has 38 heavy (non-hydrogen) atoms. The first kappa shape index (κ1) is 27.1. The van der Waals surface area contributed by atoms with E-state index in [0.29, 0.717) is 5.75 Å². The summed E-state index contributed by atoms with van der Waals surface area (Å²) in [6.07, 6.45) is 2.24. The molecule has 0 saturated heterocycles. The standard InChI is InChI=1S/C33H32O4S/c1-33(2,3)37-29-11-7-10-27(22-29)31(26-14-12-25(13-15-26)24-8-5-4-6-9-24)20-21-38-30-18-16-28(17-19-30)36-23-32(34)35/h4-20,22H,21,23H2,1-3H3,(H,34,35)/b31-20+. The van der Waals surface area contributed by atoms with Crippen LogP contribution in [0.2, 0.25) is 0 Å². The molecule has 5 heteroatoms. The summed E-state index contributed by atoms with van der Waals surface area (Å²) in [5.74, 6) is 1.15. The van der Waals surface area contributed by atoms with E-state index in [4.69, 9.17) is 14.6 Å². The summed E-state index contributed by atoms with van der Waals surface area (Å²) < 4.78 is 11.4. The van der Waals surface area contributed by atoms with Crippen molar-refractivity contribution in [2.45, 2.75) is 31.3 Å². The molecular formula is C33H32O4S. The minimum Gasteiger partial charge on any atom is -0.488 e. The number of ether oxygens (including phenoxy) is 2. The maximum Gasteiger partial charge on any atom is 0.341 e. The van der Waals surface area contributed by atoms with E-state index >= 15 is 0 Å². The third-order valence-corrected chi connectivity index (χ3v) is 6.53. The highest BCUT2D eigenvalue weighted by atomic mass is 32.2. The Morgan fingerprint density at radius 1 is 0.789 bits per heavy atom. The lowest BCUT2D eigenvalue weighted by Crippen LogP contribution is -2.22. The van der Waals surface area contributed by atoms with Gasteiger partial charge in [0.15, 0.2) is 6.61 Å². The van der Waals surface area contributed by atoms with Gasteiger partial charge in [-0.3, -0.25) is 0 Å². The highest BCUT2D eigenvalue weighted by Crippen LogP contribution is 2.31. The average molecular weight is 525 g/mol. The summed E-state index contributed by atoms with van der Waals surface area (Å²) in [7, 11) is 0. The van der Waals surface area contributed by atoms with Crippen molar-refractivity contribution in [2.75, 3.05) is 12.4 Å². The Labute approximate surface area is 229 Å². The van der Waals surface area contributed by atoms with E-state index in [1.165, 1.54) is 11.1 Å². The number of thioether (sulfide) groups is 1. The van der Waals surface area contributed by atoms with Crippen LogP contribution in [-0.2, 0) is 4.79 Å². The zero-order valence-electron chi connectivity index (χ0n) is 21.9. The van der Waals surface area contributed by atoms with Crippen molar-refractivity contribution in [1.82, 2.24) is 0 Å². The second-order valence-corrected chi connectivity index (χ2v) is 10.9. The van der Waals surface area contributed by atoms with Crippen LogP contribution >= 0.6 is 11.8 Å². The van der Waals surface area contributed by atoms with Gasteiger partial charge in [-0.2, -0.15) is 0 Å². The van der Waals surface area contributed by atoms with E-state index in [2.05, 4.69) is 66.7 Å². The van der Waals surface area contributed by atoms with Crippen LogP contribution < -0.4 is 9.47 Å². The van der Waals surface area contributed by atoms with Gasteiger partial charge in [0.25, 0.3) is 0 Å². The fourth-order valence-electron chi connectivity index (χ4n) is 3.95. The van der Waals surface area contributed by atoms with Crippen LogP contribution in [0.15, 0.2) is 114 Å². The average Bonchev–Trinajstić information content (AvgIpc) is 2.90. The molecule has 0 heterocycles. The third-order valence-electron chi connectivity index (χ3n) is 5.60. The first-order valence-corrected chi connectivity index (χ1v) is 13.5. The Hall–Kier alpha value is -3.96. The van der Waals surface area contributed by atoms with E-state index in [0.717, 1.165) is 33.1 Å². The monoisotopic (exact) mass is 524 g/mol. The van der Waals surface area contributed by atoms with Crippen LogP contribution in [0, 0.1) is 0 Å². The summed E-state index contributed by atoms with van der Waals surface area (Å²) in [6.45, 7) is 5.80. The fourth-order valence-corrected chi connectivity index (χ4v) is 4.73. The molecule has 0 radical (unpaired) electrons. The molecule has 0 amide bonds. The van der Waals surface area contributed by atoms with E-state index in [9.17, 15) is 4.79 Å². The maximum atomic E-state index is 10.7. The first-order valence-electron chi connectivity index (χ1n) is 12.5. The normalized spacial score (nSPS) is 11.7. The SMILES string of the molecule is CC(C)(C)Oc1cccc(/C(=C/CSc2ccc(OCC(=O)O)cc2)c2ccc(-c3ccccc3)cc2)c1. The minimum absolute atomic E-state index is 0.282. The van der Waals surface area contributed by atoms with Gasteiger partial charge in [-0.1, -0.05) is 72.8 Å². The van der Waals surface area contributed by atoms with Crippen LogP contribution in [0.3, 0.4) is 0 Å². The number of hydrogen-bond acceptors (Lipinski definition) is 4. The Kier molecular flexibility index (Phi) is 8.93. The number of aliphatic carboxylic acids is 1. The lowest BCUT2D eigenvalue weighted by Gasteiger charge is -2.22. The number of carbonyl (C=O) groups is 1. The highest BCUT2D eigenvalue weighted by molar-refractivity contribution is 7.99. The third kappa shape index (κ3) is 8.02. The van der Waals surface area contributed by atoms with E-state index in [1.54, 1.807) is 23.9 Å². The van der Waals surface area contributed by atoms with Gasteiger partial charge < -0.3 is 14.6 Å². The molecule has 194 valence electrons. The Morgan fingerprint density at radius 3 is 2.13 bits per heavy atom. The Bertz CT molecular complexity index is 1370. The van der Waals surface area contributed by atoms with Crippen molar-refractivity contribution >= 4 is 23.3 Å². The molecule has 0 aliphatic carbocycles. The summed E-state index contributed by atoms with van der Waals surface area (Å²) in [5, 5.41) is 8.79. The van der Waals surface area contributed by atoms with Gasteiger partial charge in [-0.25, -0.2) is 4.79 Å². The molecule has 0 bridgehead atoms. The molecule has 0 aliphatic heterocycles. The van der Waals surface area contributed by atoms with Gasteiger partial charge in [0.1, 0.15) is 17.1 Å². The minimum atomic E-state index is -0.991. The van der Waals surface area contributed by atoms with Crippen LogP contribution in [0.1, 0.15) is 31.9 Å². The quantitative estimate of drug-likeness (QED) is 0.212. The van der Waals surface area contributed by atoms with Crippen molar-refractivity contribution in [2.24, 2.45) is 0 Å². The number of carboxylic acid groups (broad SMARTS) is 1. The second kappa shape index (κ2) is 12.5. The summed E-state index contributed by atoms with van der Waals surface area (Å²) >= 11 is 1.71. The van der Waals surface area contributed by atoms with Crippen molar-refractivity contribution in [3.63, 3.8) is 0 Å². The molecule has 0 aliphatic rings. The van der Waals surface area contributed by atoms with Crippen molar-refractivity contribution in [1.29, 1.82) is 0 Å². The molecule has 0 unspecified atom stereocenters. The summed E-state index contributed by atoms with van der Waals surface area (Å²) in [5.41, 5.74) is 5.45. The van der Waals surface area contributed by atoms with Crippen molar-refractivity contribution < 1.29 is 19.4 Å². The van der Waals surface area contributed by atoms with Crippen LogP contribution in [0.25, 0.3) is 16.7 Å². The number of carboxylic acids is 1. The van der Waals surface area contributed by atoms with Gasteiger partial charge in [0.05, 0.1) is 0 Å². The fraction of sp³-hybridized carbons (Fsp3) is 0.182. The van der Waals surface area contributed by atoms with Crippen molar-refractivity contribution in [3.8, 4) is 22.6 Å². The summed E-state index contributed by atoms with van der Waals surface area (Å²) in [6, 6.07) is 34.8. The van der Waals surface area contributed by atoms with Gasteiger partial charge in [0.2, 0.25) is 0 Å². The molecule has 4 nitrogen and oxygen atoms in total. The van der Waals surface area contributed by atoms with Crippen LogP contribution in [-0.4, -0.2) is 29.0 Å². The lowest BCUT2D eigenvalue weighted by molar-refractivity contribution is -0.139. The zero-order chi connectivity index (χ0) is 27.0. The predicted molar refractivity (Wildman–Crippen MR) is 156 cm³/mol. The highest BCUT2D eigenvalue weighted by Gasteiger charge is 2.13. The topological polar surface area (TPSA) is 55.8 Å². The van der Waals surface area contributed by atoms with Gasteiger partial charge in [-0.15, -0.1) is 11.8 Å². The van der Waals surface area contributed by atoms with E-state index in [1.807, 2.05) is 51.1 Å². The van der Waals surface area contributed by atoms with E-state index in [-0.39, 0.29) is 12.2 Å². The molecule has 4 aromatic carbocycles. The molecule has 0 aromatic heterocycles. The molecule has 4 rings (SSSR count). The molecule has 4 aromatic rings. The first-order chi connectivity index (χ1) is 18.3. The number of hydrogen-bond donors (Lipinski definition) is 1. The molecular weight excluding hydrogens is 492 g/mol. The summed E-state index contributed by atoms with van der Waals surface area (Å²) in [4.78, 5) is 11.8. The smallest absolute Gasteiger partial charge is 0.341 e. The molecule has 0 fully saturated rings. The molecule has 0 saturated carbocycles. The van der Waals surface area contributed by atoms with Crippen LogP contribution in [0.4, 0.5) is 0 Å². The van der Waals surface area contributed by atoms with Gasteiger partial charge in [-0.05, 0) is 85.0 Å². The predicted octanol–water partition coefficient (Wildman–Crippen LogP) is 8.22. The Balaban J connectivity index is 1.58. The molecule has 1 N–H and O–H groups in total. The molecule has 0 spiro atoms. The van der Waals surface area contributed by atoms with Gasteiger partial charge >= 0.3 is 5.97 Å². The van der Waals surface area contributed by atoms with E-state index < -0.39 is 5.97 Å². The number of rotatable bonds is 10. The maximum absolute atomic E-state index is 10.7. The second-order valence-electron chi connectivity index (χ2n) is 9.77. The largest absolute Gasteiger partial charge is 0.488 e. The van der Waals surface area contributed by atoms with Gasteiger partial charge in [0, 0.05) is 10.6 Å².